The highest BCUT2D eigenvalue weighted by atomic mass is 14.8. The highest BCUT2D eigenvalue weighted by molar-refractivity contribution is 6.08. The Labute approximate surface area is 192 Å². The minimum atomic E-state index is 0.826. The molecule has 0 fully saturated rings. The van der Waals surface area contributed by atoms with E-state index in [0.29, 0.717) is 0 Å². The van der Waals surface area contributed by atoms with E-state index in [4.69, 9.17) is 6.42 Å². The molecule has 3 aromatic heterocycles. The maximum absolute atomic E-state index is 6.69. The summed E-state index contributed by atoms with van der Waals surface area (Å²) < 4.78 is 0. The molecule has 0 saturated heterocycles. The molecular formula is C30H20N3-. The van der Waals surface area contributed by atoms with Gasteiger partial charge in [0.15, 0.2) is 0 Å². The number of fused-ring (bicyclic) bond motifs is 3. The number of nitrogens with zero attached hydrogens (tertiary/aromatic N) is 2. The molecule has 0 aliphatic carbocycles. The van der Waals surface area contributed by atoms with Crippen molar-refractivity contribution in [2.75, 3.05) is 0 Å². The first kappa shape index (κ1) is 20.2. The van der Waals surface area contributed by atoms with E-state index in [1.165, 1.54) is 16.2 Å². The maximum Gasteiger partial charge on any atom is 0.0864 e. The molecule has 6 aromatic rings. The molecule has 156 valence electrons. The Morgan fingerprint density at radius 1 is 0.636 bits per heavy atom. The molecule has 0 unspecified atom stereocenters. The second-order valence-corrected chi connectivity index (χ2v) is 7.57. The van der Waals surface area contributed by atoms with Crippen molar-refractivity contribution >= 4 is 21.7 Å². The number of nitrogens with one attached hydrogen (secondary N) is 1. The van der Waals surface area contributed by atoms with Gasteiger partial charge in [0.2, 0.25) is 0 Å². The number of hydrogen-bond donors (Lipinski definition) is 1. The Morgan fingerprint density at radius 3 is 2.03 bits per heavy atom. The van der Waals surface area contributed by atoms with Crippen LogP contribution in [-0.2, 0) is 0 Å². The smallest absolute Gasteiger partial charge is 0.0864 e. The Balaban J connectivity index is 0.000000243. The molecule has 3 heterocycles. The van der Waals surface area contributed by atoms with Crippen molar-refractivity contribution in [3.8, 4) is 28.6 Å². The fraction of sp³-hybridized carbons (Fsp3) is 0. The minimum absolute atomic E-state index is 0.826. The molecule has 3 nitrogen and oxygen atoms in total. The van der Waals surface area contributed by atoms with E-state index in [0.717, 1.165) is 33.7 Å². The fourth-order valence-corrected chi connectivity index (χ4v) is 3.82. The van der Waals surface area contributed by atoms with Gasteiger partial charge in [-0.15, -0.1) is 17.7 Å². The van der Waals surface area contributed by atoms with Crippen molar-refractivity contribution in [3.05, 3.63) is 128 Å². The van der Waals surface area contributed by atoms with Crippen molar-refractivity contribution < 1.29 is 0 Å². The second-order valence-electron chi connectivity index (χ2n) is 7.57. The van der Waals surface area contributed by atoms with Crippen molar-refractivity contribution in [2.24, 2.45) is 0 Å². The first-order chi connectivity index (χ1) is 16.3. The van der Waals surface area contributed by atoms with Gasteiger partial charge in [0.05, 0.1) is 17.1 Å². The van der Waals surface area contributed by atoms with Gasteiger partial charge in [-0.05, 0) is 53.2 Å². The summed E-state index contributed by atoms with van der Waals surface area (Å²) in [5.41, 5.74) is 6.07. The zero-order valence-electron chi connectivity index (χ0n) is 17.9. The van der Waals surface area contributed by atoms with Gasteiger partial charge >= 0.3 is 0 Å². The van der Waals surface area contributed by atoms with E-state index in [1.807, 2.05) is 79.1 Å². The molecule has 0 aliphatic rings. The van der Waals surface area contributed by atoms with Crippen LogP contribution in [0.25, 0.3) is 44.3 Å². The number of rotatable bonds is 2. The Bertz CT molecular complexity index is 1540. The zero-order valence-corrected chi connectivity index (χ0v) is 17.9. The van der Waals surface area contributed by atoms with Crippen LogP contribution >= 0.6 is 0 Å². The van der Waals surface area contributed by atoms with Gasteiger partial charge in [-0.3, -0.25) is 15.9 Å². The largest absolute Gasteiger partial charge is 0.366 e. The quantitative estimate of drug-likeness (QED) is 0.239. The third-order valence-corrected chi connectivity index (χ3v) is 5.44. The lowest BCUT2D eigenvalue weighted by molar-refractivity contribution is 1.29. The standard InChI is InChI=1S/C22H15N3.C8H5/c1-3-11-23-19(5-1)16-7-9-17-15(13-16)8-10-20-18(17)14-22(25-20)21-6-2-4-12-24-21;1-2-8-6-4-3-5-7-8/h1-14,25H;3-7H/q;-1. The lowest BCUT2D eigenvalue weighted by Crippen LogP contribution is -1.82. The van der Waals surface area contributed by atoms with Gasteiger partial charge in [0.1, 0.15) is 0 Å². The molecule has 3 heteroatoms. The summed E-state index contributed by atoms with van der Waals surface area (Å²) in [6.45, 7) is 0. The SMILES string of the molecule is [C-]#Cc1ccccc1.c1ccc(-c2ccc3c(ccc4[nH]c(-c5ccccn5)cc43)c2)nc1. The van der Waals surface area contributed by atoms with Crippen LogP contribution in [0.2, 0.25) is 0 Å². The van der Waals surface area contributed by atoms with Gasteiger partial charge in [0.25, 0.3) is 0 Å². The van der Waals surface area contributed by atoms with Crippen molar-refractivity contribution in [1.82, 2.24) is 15.0 Å². The van der Waals surface area contributed by atoms with Gasteiger partial charge in [-0.2, -0.15) is 0 Å². The molecule has 0 atom stereocenters. The van der Waals surface area contributed by atoms with Crippen LogP contribution < -0.4 is 0 Å². The molecule has 0 bridgehead atoms. The third-order valence-electron chi connectivity index (χ3n) is 5.44. The Hall–Kier alpha value is -4.68. The molecule has 0 spiro atoms. The lowest BCUT2D eigenvalue weighted by atomic mass is 10.0. The van der Waals surface area contributed by atoms with Gasteiger partial charge in [-0.25, -0.2) is 0 Å². The van der Waals surface area contributed by atoms with Gasteiger partial charge in [0, 0.05) is 28.9 Å². The highest BCUT2D eigenvalue weighted by Gasteiger charge is 2.08. The molecule has 0 radical (unpaired) electrons. The van der Waals surface area contributed by atoms with E-state index >= 15 is 0 Å². The normalized spacial score (nSPS) is 10.4. The van der Waals surface area contributed by atoms with Crippen molar-refractivity contribution in [3.63, 3.8) is 0 Å². The number of benzene rings is 3. The maximum atomic E-state index is 6.69. The fourth-order valence-electron chi connectivity index (χ4n) is 3.82. The number of hydrogen-bond acceptors (Lipinski definition) is 2. The number of aromatic amines is 1. The number of H-pyrrole nitrogens is 1. The van der Waals surface area contributed by atoms with Crippen molar-refractivity contribution in [1.29, 1.82) is 0 Å². The zero-order chi connectivity index (χ0) is 22.5. The average Bonchev–Trinajstić information content (AvgIpc) is 3.35. The van der Waals surface area contributed by atoms with E-state index < -0.39 is 0 Å². The Kier molecular flexibility index (Phi) is 5.65. The lowest BCUT2D eigenvalue weighted by Gasteiger charge is -2.04. The van der Waals surface area contributed by atoms with Crippen LogP contribution in [0.3, 0.4) is 0 Å². The van der Waals surface area contributed by atoms with E-state index in [1.54, 1.807) is 0 Å². The summed E-state index contributed by atoms with van der Waals surface area (Å²) in [5.74, 6) is 2.28. The summed E-state index contributed by atoms with van der Waals surface area (Å²) in [6, 6.07) is 34.3. The van der Waals surface area contributed by atoms with Crippen LogP contribution in [0.5, 0.6) is 0 Å². The highest BCUT2D eigenvalue weighted by Crippen LogP contribution is 2.31. The molecule has 0 amide bonds. The van der Waals surface area contributed by atoms with Crippen LogP contribution in [0.1, 0.15) is 5.56 Å². The third kappa shape index (κ3) is 4.37. The predicted molar refractivity (Wildman–Crippen MR) is 135 cm³/mol. The topological polar surface area (TPSA) is 41.6 Å². The van der Waals surface area contributed by atoms with Crippen LogP contribution in [-0.4, -0.2) is 15.0 Å². The predicted octanol–water partition coefficient (Wildman–Crippen LogP) is 7.07. The summed E-state index contributed by atoms with van der Waals surface area (Å²) in [6.07, 6.45) is 10.3. The summed E-state index contributed by atoms with van der Waals surface area (Å²) >= 11 is 0. The van der Waals surface area contributed by atoms with Crippen LogP contribution in [0.4, 0.5) is 0 Å². The van der Waals surface area contributed by atoms with Gasteiger partial charge < -0.3 is 11.4 Å². The van der Waals surface area contributed by atoms with Crippen molar-refractivity contribution in [2.45, 2.75) is 0 Å². The first-order valence-corrected chi connectivity index (χ1v) is 10.7. The molecule has 33 heavy (non-hydrogen) atoms. The molecule has 3 aromatic carbocycles. The Morgan fingerprint density at radius 2 is 1.36 bits per heavy atom. The summed E-state index contributed by atoms with van der Waals surface area (Å²) in [4.78, 5) is 12.4. The number of aromatic nitrogens is 3. The molecule has 0 aliphatic heterocycles. The minimum Gasteiger partial charge on any atom is -0.366 e. The van der Waals surface area contributed by atoms with E-state index in [-0.39, 0.29) is 0 Å². The summed E-state index contributed by atoms with van der Waals surface area (Å²) in [5, 5.41) is 3.66. The average molecular weight is 423 g/mol. The second kappa shape index (κ2) is 9.21. The van der Waals surface area contributed by atoms with Gasteiger partial charge in [-0.1, -0.05) is 48.5 Å². The van der Waals surface area contributed by atoms with Crippen LogP contribution in [0, 0.1) is 12.3 Å². The first-order valence-electron chi connectivity index (χ1n) is 10.7. The molecule has 6 rings (SSSR count). The monoisotopic (exact) mass is 422 g/mol. The molecular weight excluding hydrogens is 402 g/mol. The van der Waals surface area contributed by atoms with E-state index in [2.05, 4.69) is 57.3 Å². The van der Waals surface area contributed by atoms with E-state index in [9.17, 15) is 0 Å². The van der Waals surface area contributed by atoms with Crippen LogP contribution in [0.15, 0.2) is 116 Å². The number of pyridine rings is 2. The molecule has 0 saturated carbocycles. The summed E-state index contributed by atoms with van der Waals surface area (Å²) in [7, 11) is 0. The molecule has 1 N–H and O–H groups in total.